The Labute approximate surface area is 114 Å². The van der Waals surface area contributed by atoms with Gasteiger partial charge in [-0.15, -0.1) is 0 Å². The maximum Gasteiger partial charge on any atom is 0.170 e. The van der Waals surface area contributed by atoms with Gasteiger partial charge in [-0.3, -0.25) is 4.90 Å². The lowest BCUT2D eigenvalue weighted by Gasteiger charge is -2.35. The Morgan fingerprint density at radius 3 is 2.74 bits per heavy atom. The quantitative estimate of drug-likeness (QED) is 0.379. The number of hydrogen-bond donors (Lipinski definition) is 2. The number of nitrogens with zero attached hydrogens (tertiary/aromatic N) is 2. The fourth-order valence-corrected chi connectivity index (χ4v) is 2.80. The Morgan fingerprint density at radius 1 is 1.37 bits per heavy atom. The molecule has 0 bridgehead atoms. The average Bonchev–Trinajstić information content (AvgIpc) is 2.48. The summed E-state index contributed by atoms with van der Waals surface area (Å²) in [6.45, 7) is 4.46. The predicted octanol–water partition coefficient (Wildman–Crippen LogP) is 2.55. The normalized spacial score (nSPS) is 21.5. The number of rotatable bonds is 4. The van der Waals surface area contributed by atoms with E-state index in [1.807, 2.05) is 12.1 Å². The van der Waals surface area contributed by atoms with Crippen LogP contribution in [0.4, 0.5) is 0 Å². The van der Waals surface area contributed by atoms with E-state index in [0.717, 1.165) is 18.2 Å². The Hall–Kier alpha value is -1.55. The monoisotopic (exact) mass is 261 g/mol. The molecule has 0 aromatic heterocycles. The van der Waals surface area contributed by atoms with Crippen molar-refractivity contribution in [3.05, 3.63) is 35.4 Å². The average molecular weight is 261 g/mol. The molecule has 1 aliphatic rings. The van der Waals surface area contributed by atoms with Crippen molar-refractivity contribution >= 4 is 5.84 Å². The molecule has 1 atom stereocenters. The smallest absolute Gasteiger partial charge is 0.170 e. The summed E-state index contributed by atoms with van der Waals surface area (Å²) in [6, 6.07) is 8.67. The summed E-state index contributed by atoms with van der Waals surface area (Å²) in [6.07, 6.45) is 5.21. The van der Waals surface area contributed by atoms with E-state index in [1.54, 1.807) is 0 Å². The van der Waals surface area contributed by atoms with Crippen molar-refractivity contribution in [1.29, 1.82) is 0 Å². The number of oxime groups is 1. The van der Waals surface area contributed by atoms with E-state index in [9.17, 15) is 0 Å². The van der Waals surface area contributed by atoms with Gasteiger partial charge < -0.3 is 10.9 Å². The largest absolute Gasteiger partial charge is 0.409 e. The summed E-state index contributed by atoms with van der Waals surface area (Å²) in [4.78, 5) is 2.57. The first-order valence-electron chi connectivity index (χ1n) is 7.05. The van der Waals surface area contributed by atoms with Gasteiger partial charge in [0.25, 0.3) is 0 Å². The van der Waals surface area contributed by atoms with E-state index < -0.39 is 0 Å². The number of amidine groups is 1. The lowest BCUT2D eigenvalue weighted by Crippen LogP contribution is -2.38. The van der Waals surface area contributed by atoms with Crippen LogP contribution in [-0.2, 0) is 6.54 Å². The number of piperidine rings is 1. The van der Waals surface area contributed by atoms with E-state index in [1.165, 1.54) is 37.8 Å². The van der Waals surface area contributed by atoms with Gasteiger partial charge in [0, 0.05) is 18.2 Å². The summed E-state index contributed by atoms with van der Waals surface area (Å²) in [7, 11) is 0. The molecule has 0 saturated carbocycles. The summed E-state index contributed by atoms with van der Waals surface area (Å²) in [5.74, 6) is 0.163. The van der Waals surface area contributed by atoms with Crippen molar-refractivity contribution in [2.75, 3.05) is 6.54 Å². The number of nitrogens with two attached hydrogens (primary N) is 1. The van der Waals surface area contributed by atoms with Crippen LogP contribution in [0, 0.1) is 0 Å². The molecule has 104 valence electrons. The topological polar surface area (TPSA) is 61.8 Å². The molecule has 2 rings (SSSR count). The zero-order valence-electron chi connectivity index (χ0n) is 11.5. The molecule has 4 nitrogen and oxygen atoms in total. The van der Waals surface area contributed by atoms with Gasteiger partial charge in [-0.25, -0.2) is 0 Å². The SMILES string of the molecule is CCC1CCCCN1Cc1ccc(/C(N)=N/O)cc1. The van der Waals surface area contributed by atoms with Gasteiger partial charge in [0.1, 0.15) is 0 Å². The van der Waals surface area contributed by atoms with Crippen LogP contribution in [0.15, 0.2) is 29.4 Å². The summed E-state index contributed by atoms with van der Waals surface area (Å²) < 4.78 is 0. The highest BCUT2D eigenvalue weighted by molar-refractivity contribution is 5.96. The second-order valence-electron chi connectivity index (χ2n) is 5.21. The highest BCUT2D eigenvalue weighted by Gasteiger charge is 2.20. The van der Waals surface area contributed by atoms with Crippen molar-refractivity contribution in [3.8, 4) is 0 Å². The molecule has 1 aromatic rings. The predicted molar refractivity (Wildman–Crippen MR) is 77.3 cm³/mol. The van der Waals surface area contributed by atoms with E-state index >= 15 is 0 Å². The summed E-state index contributed by atoms with van der Waals surface area (Å²) >= 11 is 0. The Kier molecular flexibility index (Phi) is 4.80. The molecule has 1 unspecified atom stereocenters. The molecule has 4 heteroatoms. The summed E-state index contributed by atoms with van der Waals surface area (Å²) in [5, 5.41) is 11.7. The minimum absolute atomic E-state index is 0.163. The molecular formula is C15H23N3O. The lowest BCUT2D eigenvalue weighted by atomic mass is 9.99. The highest BCUT2D eigenvalue weighted by atomic mass is 16.4. The minimum Gasteiger partial charge on any atom is -0.409 e. The molecule has 0 spiro atoms. The van der Waals surface area contributed by atoms with Gasteiger partial charge in [0.2, 0.25) is 0 Å². The van der Waals surface area contributed by atoms with E-state index in [2.05, 4.69) is 29.1 Å². The summed E-state index contributed by atoms with van der Waals surface area (Å²) in [5.41, 5.74) is 7.61. The van der Waals surface area contributed by atoms with E-state index in [4.69, 9.17) is 10.9 Å². The van der Waals surface area contributed by atoms with E-state index in [-0.39, 0.29) is 5.84 Å². The third-order valence-electron chi connectivity index (χ3n) is 3.96. The van der Waals surface area contributed by atoms with Crippen LogP contribution < -0.4 is 5.73 Å². The van der Waals surface area contributed by atoms with Crippen LogP contribution in [0.25, 0.3) is 0 Å². The first-order chi connectivity index (χ1) is 9.24. The fourth-order valence-electron chi connectivity index (χ4n) is 2.80. The van der Waals surface area contributed by atoms with Crippen LogP contribution in [-0.4, -0.2) is 28.5 Å². The zero-order chi connectivity index (χ0) is 13.7. The Bertz CT molecular complexity index is 428. The van der Waals surface area contributed by atoms with Crippen LogP contribution in [0.3, 0.4) is 0 Å². The van der Waals surface area contributed by atoms with Crippen LogP contribution in [0.1, 0.15) is 43.7 Å². The fraction of sp³-hybridized carbons (Fsp3) is 0.533. The minimum atomic E-state index is 0.163. The van der Waals surface area contributed by atoms with Crippen LogP contribution in [0.5, 0.6) is 0 Å². The molecule has 3 N–H and O–H groups in total. The number of hydrogen-bond acceptors (Lipinski definition) is 3. The van der Waals surface area contributed by atoms with Crippen molar-refractivity contribution in [3.63, 3.8) is 0 Å². The first-order valence-corrected chi connectivity index (χ1v) is 7.05. The van der Waals surface area contributed by atoms with Gasteiger partial charge >= 0.3 is 0 Å². The standard InChI is InChI=1S/C15H23N3O/c1-2-14-5-3-4-10-18(14)11-12-6-8-13(9-7-12)15(16)17-19/h6-9,14,19H,2-5,10-11H2,1H3,(H2,16,17). The molecule has 0 amide bonds. The molecule has 1 aromatic carbocycles. The van der Waals surface area contributed by atoms with Crippen molar-refractivity contribution in [1.82, 2.24) is 4.90 Å². The third kappa shape index (κ3) is 3.47. The maximum atomic E-state index is 8.64. The molecule has 1 heterocycles. The lowest BCUT2D eigenvalue weighted by molar-refractivity contribution is 0.136. The first kappa shape index (κ1) is 13.9. The molecule has 1 saturated heterocycles. The highest BCUT2D eigenvalue weighted by Crippen LogP contribution is 2.21. The van der Waals surface area contributed by atoms with Crippen LogP contribution >= 0.6 is 0 Å². The van der Waals surface area contributed by atoms with Crippen molar-refractivity contribution in [2.45, 2.75) is 45.2 Å². The second-order valence-corrected chi connectivity index (χ2v) is 5.21. The second kappa shape index (κ2) is 6.57. The molecule has 19 heavy (non-hydrogen) atoms. The molecule has 0 aliphatic carbocycles. The number of benzene rings is 1. The van der Waals surface area contributed by atoms with Crippen molar-refractivity contribution in [2.24, 2.45) is 10.9 Å². The van der Waals surface area contributed by atoms with E-state index in [0.29, 0.717) is 0 Å². The maximum absolute atomic E-state index is 8.64. The van der Waals surface area contributed by atoms with Gasteiger partial charge in [0.05, 0.1) is 0 Å². The third-order valence-corrected chi connectivity index (χ3v) is 3.96. The van der Waals surface area contributed by atoms with Crippen LogP contribution in [0.2, 0.25) is 0 Å². The van der Waals surface area contributed by atoms with Gasteiger partial charge in [0.15, 0.2) is 5.84 Å². The van der Waals surface area contributed by atoms with Gasteiger partial charge in [-0.1, -0.05) is 42.8 Å². The molecular weight excluding hydrogens is 238 g/mol. The van der Waals surface area contributed by atoms with Gasteiger partial charge in [-0.05, 0) is 31.4 Å². The van der Waals surface area contributed by atoms with Crippen molar-refractivity contribution < 1.29 is 5.21 Å². The molecule has 1 aliphatic heterocycles. The Morgan fingerprint density at radius 2 is 2.11 bits per heavy atom. The van der Waals surface area contributed by atoms with Gasteiger partial charge in [-0.2, -0.15) is 0 Å². The number of likely N-dealkylation sites (tertiary alicyclic amines) is 1. The zero-order valence-corrected chi connectivity index (χ0v) is 11.5. The molecule has 0 radical (unpaired) electrons. The Balaban J connectivity index is 2.02. The molecule has 1 fully saturated rings.